The molecule has 0 aliphatic carbocycles. The number of rotatable bonds is 8. The van der Waals surface area contributed by atoms with E-state index in [2.05, 4.69) is 26.1 Å². The lowest BCUT2D eigenvalue weighted by atomic mass is 9.91. The maximum absolute atomic E-state index is 12.3. The molecule has 4 atom stereocenters. The van der Waals surface area contributed by atoms with Gasteiger partial charge in [-0.15, -0.1) is 0 Å². The minimum absolute atomic E-state index is 0.0953. The molecule has 0 aromatic rings. The molecule has 0 aliphatic heterocycles. The highest BCUT2D eigenvalue weighted by molar-refractivity contribution is 5.81. The molecule has 4 heteroatoms. The van der Waals surface area contributed by atoms with Crippen LogP contribution in [0.2, 0.25) is 0 Å². The van der Waals surface area contributed by atoms with E-state index in [4.69, 9.17) is 4.74 Å². The average molecular weight is 258 g/mol. The normalized spacial score (nSPS) is 17.9. The number of nitrogens with one attached hydrogen (secondary N) is 1. The Balaban J connectivity index is 5.00. The standard InChI is InChI=1S/C14H30N2O2/c1-8-10(3)13(12(9-2)18-7)16(6)14(17)11(4)15-5/h10-13,15H,8-9H2,1-7H3. The summed E-state index contributed by atoms with van der Waals surface area (Å²) >= 11 is 0. The summed E-state index contributed by atoms with van der Waals surface area (Å²) in [6.07, 6.45) is 2.05. The molecule has 108 valence electrons. The number of ether oxygens (including phenoxy) is 1. The number of hydrogen-bond acceptors (Lipinski definition) is 3. The van der Waals surface area contributed by atoms with Crippen molar-refractivity contribution in [1.29, 1.82) is 0 Å². The third kappa shape index (κ3) is 4.25. The number of likely N-dealkylation sites (N-methyl/N-ethyl adjacent to an activating group) is 2. The number of carbonyl (C=O) groups excluding carboxylic acids is 1. The SMILES string of the molecule is CCC(C)C(C(CC)OC)N(C)C(=O)C(C)NC. The third-order valence-corrected chi connectivity index (χ3v) is 3.91. The molecule has 4 unspecified atom stereocenters. The molecule has 0 radical (unpaired) electrons. The Morgan fingerprint density at radius 1 is 1.28 bits per heavy atom. The number of nitrogens with zero attached hydrogens (tertiary/aromatic N) is 1. The average Bonchev–Trinajstić information content (AvgIpc) is 2.41. The van der Waals surface area contributed by atoms with Crippen LogP contribution in [0.1, 0.15) is 40.5 Å². The molecule has 0 saturated heterocycles. The smallest absolute Gasteiger partial charge is 0.239 e. The van der Waals surface area contributed by atoms with E-state index in [1.165, 1.54) is 0 Å². The highest BCUT2D eigenvalue weighted by Crippen LogP contribution is 2.21. The number of hydrogen-bond donors (Lipinski definition) is 1. The minimum Gasteiger partial charge on any atom is -0.379 e. The predicted octanol–water partition coefficient (Wildman–Crippen LogP) is 1.89. The molecule has 0 spiro atoms. The Morgan fingerprint density at radius 2 is 1.83 bits per heavy atom. The summed E-state index contributed by atoms with van der Waals surface area (Å²) in [4.78, 5) is 14.1. The molecular formula is C14H30N2O2. The molecule has 0 heterocycles. The van der Waals surface area contributed by atoms with Crippen LogP contribution in [-0.4, -0.2) is 50.2 Å². The lowest BCUT2D eigenvalue weighted by molar-refractivity contribution is -0.138. The topological polar surface area (TPSA) is 41.6 Å². The largest absolute Gasteiger partial charge is 0.379 e. The van der Waals surface area contributed by atoms with Crippen molar-refractivity contribution < 1.29 is 9.53 Å². The molecule has 1 amide bonds. The predicted molar refractivity (Wildman–Crippen MR) is 75.6 cm³/mol. The second kappa shape index (κ2) is 8.48. The molecule has 0 aromatic heterocycles. The first kappa shape index (κ1) is 17.4. The van der Waals surface area contributed by atoms with Crippen LogP contribution in [-0.2, 0) is 9.53 Å². The molecular weight excluding hydrogens is 228 g/mol. The van der Waals surface area contributed by atoms with Gasteiger partial charge in [-0.2, -0.15) is 0 Å². The van der Waals surface area contributed by atoms with E-state index in [-0.39, 0.29) is 24.1 Å². The van der Waals surface area contributed by atoms with Crippen molar-refractivity contribution in [3.63, 3.8) is 0 Å². The van der Waals surface area contributed by atoms with Crippen molar-refractivity contribution in [2.24, 2.45) is 5.92 Å². The number of carbonyl (C=O) groups is 1. The minimum atomic E-state index is -0.157. The van der Waals surface area contributed by atoms with Gasteiger partial charge in [-0.3, -0.25) is 4.79 Å². The number of methoxy groups -OCH3 is 1. The summed E-state index contributed by atoms with van der Waals surface area (Å²) in [6, 6.07) is -0.0239. The van der Waals surface area contributed by atoms with E-state index in [9.17, 15) is 4.79 Å². The zero-order chi connectivity index (χ0) is 14.3. The van der Waals surface area contributed by atoms with Crippen LogP contribution in [0.4, 0.5) is 0 Å². The van der Waals surface area contributed by atoms with Crippen molar-refractivity contribution in [2.75, 3.05) is 21.2 Å². The van der Waals surface area contributed by atoms with Crippen LogP contribution < -0.4 is 5.32 Å². The lowest BCUT2D eigenvalue weighted by Gasteiger charge is -2.38. The Labute approximate surface area is 112 Å². The van der Waals surface area contributed by atoms with Gasteiger partial charge in [0.1, 0.15) is 0 Å². The summed E-state index contributed by atoms with van der Waals surface area (Å²) in [6.45, 7) is 8.32. The van der Waals surface area contributed by atoms with Gasteiger partial charge in [-0.1, -0.05) is 27.2 Å². The molecule has 1 N–H and O–H groups in total. The Bertz CT molecular complexity index is 242. The first-order valence-electron chi connectivity index (χ1n) is 6.91. The van der Waals surface area contributed by atoms with Gasteiger partial charge >= 0.3 is 0 Å². The molecule has 0 aromatic carbocycles. The van der Waals surface area contributed by atoms with Crippen LogP contribution >= 0.6 is 0 Å². The van der Waals surface area contributed by atoms with Crippen LogP contribution in [0.5, 0.6) is 0 Å². The molecule has 0 rings (SSSR count). The van der Waals surface area contributed by atoms with Gasteiger partial charge in [0.15, 0.2) is 0 Å². The van der Waals surface area contributed by atoms with Crippen molar-refractivity contribution >= 4 is 5.91 Å². The first-order chi connectivity index (χ1) is 8.44. The molecule has 0 saturated carbocycles. The molecule has 0 aliphatic rings. The van der Waals surface area contributed by atoms with Crippen molar-refractivity contribution in [2.45, 2.75) is 58.7 Å². The highest BCUT2D eigenvalue weighted by atomic mass is 16.5. The Hall–Kier alpha value is -0.610. The van der Waals surface area contributed by atoms with Gasteiger partial charge in [0, 0.05) is 14.2 Å². The second-order valence-corrected chi connectivity index (χ2v) is 5.02. The molecule has 0 fully saturated rings. The zero-order valence-electron chi connectivity index (χ0n) is 13.0. The van der Waals surface area contributed by atoms with E-state index in [0.29, 0.717) is 5.92 Å². The van der Waals surface area contributed by atoms with E-state index < -0.39 is 0 Å². The van der Waals surface area contributed by atoms with Crippen LogP contribution in [0.15, 0.2) is 0 Å². The summed E-state index contributed by atoms with van der Waals surface area (Å²) < 4.78 is 5.55. The third-order valence-electron chi connectivity index (χ3n) is 3.91. The van der Waals surface area contributed by atoms with Gasteiger partial charge in [0.25, 0.3) is 0 Å². The lowest BCUT2D eigenvalue weighted by Crippen LogP contribution is -2.53. The highest BCUT2D eigenvalue weighted by Gasteiger charge is 2.32. The van der Waals surface area contributed by atoms with E-state index >= 15 is 0 Å². The summed E-state index contributed by atoms with van der Waals surface area (Å²) in [5.74, 6) is 0.547. The van der Waals surface area contributed by atoms with Crippen molar-refractivity contribution in [3.05, 3.63) is 0 Å². The maximum Gasteiger partial charge on any atom is 0.239 e. The molecule has 18 heavy (non-hydrogen) atoms. The molecule has 4 nitrogen and oxygen atoms in total. The fourth-order valence-corrected chi connectivity index (χ4v) is 2.36. The first-order valence-corrected chi connectivity index (χ1v) is 6.91. The second-order valence-electron chi connectivity index (χ2n) is 5.02. The van der Waals surface area contributed by atoms with Gasteiger partial charge in [-0.25, -0.2) is 0 Å². The maximum atomic E-state index is 12.3. The van der Waals surface area contributed by atoms with Crippen LogP contribution in [0, 0.1) is 5.92 Å². The monoisotopic (exact) mass is 258 g/mol. The zero-order valence-corrected chi connectivity index (χ0v) is 13.0. The van der Waals surface area contributed by atoms with Crippen molar-refractivity contribution in [3.8, 4) is 0 Å². The quantitative estimate of drug-likeness (QED) is 0.723. The van der Waals surface area contributed by atoms with Gasteiger partial charge in [0.2, 0.25) is 5.91 Å². The van der Waals surface area contributed by atoms with Gasteiger partial charge < -0.3 is 15.0 Å². The van der Waals surface area contributed by atoms with E-state index in [1.54, 1.807) is 7.11 Å². The van der Waals surface area contributed by atoms with Gasteiger partial charge in [0.05, 0.1) is 18.2 Å². The number of amides is 1. The summed E-state index contributed by atoms with van der Waals surface area (Å²) in [5, 5.41) is 3.00. The van der Waals surface area contributed by atoms with Gasteiger partial charge in [-0.05, 0) is 26.3 Å². The fourth-order valence-electron chi connectivity index (χ4n) is 2.36. The molecule has 0 bridgehead atoms. The van der Waals surface area contributed by atoms with Crippen molar-refractivity contribution in [1.82, 2.24) is 10.2 Å². The Morgan fingerprint density at radius 3 is 2.17 bits per heavy atom. The summed E-state index contributed by atoms with van der Waals surface area (Å²) in [7, 11) is 5.42. The Kier molecular flexibility index (Phi) is 8.20. The van der Waals surface area contributed by atoms with Crippen LogP contribution in [0.25, 0.3) is 0 Å². The summed E-state index contributed by atoms with van der Waals surface area (Å²) in [5.41, 5.74) is 0. The van der Waals surface area contributed by atoms with Crippen LogP contribution in [0.3, 0.4) is 0 Å². The van der Waals surface area contributed by atoms with E-state index in [1.807, 2.05) is 25.9 Å². The fraction of sp³-hybridized carbons (Fsp3) is 0.929. The van der Waals surface area contributed by atoms with E-state index in [0.717, 1.165) is 12.8 Å².